The highest BCUT2D eigenvalue weighted by Gasteiger charge is 2.32. The van der Waals surface area contributed by atoms with Crippen LogP contribution >= 0.6 is 11.8 Å². The lowest BCUT2D eigenvalue weighted by Crippen LogP contribution is -2.26. The van der Waals surface area contributed by atoms with Crippen molar-refractivity contribution >= 4 is 41.0 Å². The molecule has 8 nitrogen and oxygen atoms in total. The van der Waals surface area contributed by atoms with Crippen molar-refractivity contribution in [1.82, 2.24) is 5.32 Å². The standard InChI is InChI=1S/C15H15N3O5S/c1-2-13(21)23-10-5-3-9(4-6-10)8-16-18-15-17-14(22)11(24-15)7-12(19)20/h3-6,8,11H,2,7H2,1H3,(H,19,20)(H,17,18,22). The van der Waals surface area contributed by atoms with Crippen LogP contribution in [0.2, 0.25) is 0 Å². The number of hydrogen-bond donors (Lipinski definition) is 2. The number of esters is 1. The van der Waals surface area contributed by atoms with Crippen molar-refractivity contribution in [2.24, 2.45) is 10.2 Å². The first-order chi connectivity index (χ1) is 11.5. The molecule has 126 valence electrons. The number of carboxylic acid groups (broad SMARTS) is 1. The average molecular weight is 349 g/mol. The number of amides is 1. The number of carbonyl (C=O) groups is 3. The van der Waals surface area contributed by atoms with Gasteiger partial charge in [-0.2, -0.15) is 5.10 Å². The van der Waals surface area contributed by atoms with Gasteiger partial charge in [-0.05, 0) is 29.8 Å². The van der Waals surface area contributed by atoms with Crippen LogP contribution in [0.15, 0.2) is 34.5 Å². The maximum Gasteiger partial charge on any atom is 0.310 e. The Hall–Kier alpha value is -2.68. The molecule has 1 atom stereocenters. The van der Waals surface area contributed by atoms with E-state index in [9.17, 15) is 14.4 Å². The maximum atomic E-state index is 11.5. The van der Waals surface area contributed by atoms with E-state index >= 15 is 0 Å². The molecule has 1 aliphatic heterocycles. The van der Waals surface area contributed by atoms with Gasteiger partial charge in [-0.15, -0.1) is 5.10 Å². The summed E-state index contributed by atoms with van der Waals surface area (Å²) in [6.45, 7) is 1.71. The normalized spacial score (nSPS) is 18.8. The van der Waals surface area contributed by atoms with E-state index < -0.39 is 17.1 Å². The minimum absolute atomic E-state index is 0.260. The van der Waals surface area contributed by atoms with Gasteiger partial charge >= 0.3 is 11.9 Å². The highest BCUT2D eigenvalue weighted by atomic mass is 32.2. The van der Waals surface area contributed by atoms with Crippen LogP contribution in [0, 0.1) is 0 Å². The second-order valence-electron chi connectivity index (χ2n) is 4.74. The Balaban J connectivity index is 1.93. The van der Waals surface area contributed by atoms with Gasteiger partial charge in [0, 0.05) is 6.42 Å². The van der Waals surface area contributed by atoms with Crippen molar-refractivity contribution in [3.05, 3.63) is 29.8 Å². The number of hydrogen-bond acceptors (Lipinski definition) is 7. The molecular formula is C15H15N3O5S. The Morgan fingerprint density at radius 1 is 1.38 bits per heavy atom. The van der Waals surface area contributed by atoms with E-state index in [1.807, 2.05) is 0 Å². The zero-order chi connectivity index (χ0) is 17.5. The fraction of sp³-hybridized carbons (Fsp3) is 0.267. The number of amidine groups is 1. The molecule has 0 bridgehead atoms. The molecule has 1 amide bonds. The molecule has 0 aromatic heterocycles. The zero-order valence-corrected chi connectivity index (χ0v) is 13.6. The van der Waals surface area contributed by atoms with Gasteiger partial charge in [0.25, 0.3) is 0 Å². The SMILES string of the molecule is CCC(=O)Oc1ccc(C=NN=C2NC(=O)C(CC(=O)O)S2)cc1. The molecule has 1 heterocycles. The predicted octanol–water partition coefficient (Wildman–Crippen LogP) is 1.40. The van der Waals surface area contributed by atoms with Gasteiger partial charge in [0.05, 0.1) is 12.6 Å². The van der Waals surface area contributed by atoms with Crippen LogP contribution < -0.4 is 10.1 Å². The lowest BCUT2D eigenvalue weighted by molar-refractivity contribution is -0.138. The third kappa shape index (κ3) is 5.20. The molecule has 1 fully saturated rings. The number of benzene rings is 1. The fourth-order valence-electron chi connectivity index (χ4n) is 1.72. The summed E-state index contributed by atoms with van der Waals surface area (Å²) in [6.07, 6.45) is 1.50. The van der Waals surface area contributed by atoms with Crippen molar-refractivity contribution in [1.29, 1.82) is 0 Å². The number of nitrogens with one attached hydrogen (secondary N) is 1. The van der Waals surface area contributed by atoms with E-state index in [1.165, 1.54) is 6.21 Å². The first-order valence-electron chi connectivity index (χ1n) is 7.09. The van der Waals surface area contributed by atoms with Crippen LogP contribution in [0.1, 0.15) is 25.3 Å². The van der Waals surface area contributed by atoms with Crippen LogP contribution in [0.25, 0.3) is 0 Å². The molecule has 1 saturated heterocycles. The van der Waals surface area contributed by atoms with Crippen LogP contribution in [-0.2, 0) is 14.4 Å². The van der Waals surface area contributed by atoms with E-state index in [1.54, 1.807) is 31.2 Å². The second-order valence-corrected chi connectivity index (χ2v) is 5.93. The third-order valence-electron chi connectivity index (χ3n) is 2.89. The van der Waals surface area contributed by atoms with E-state index in [4.69, 9.17) is 9.84 Å². The fourth-order valence-corrected chi connectivity index (χ4v) is 2.63. The molecule has 9 heteroatoms. The van der Waals surface area contributed by atoms with Gasteiger partial charge in [0.1, 0.15) is 11.0 Å². The smallest absolute Gasteiger partial charge is 0.310 e. The zero-order valence-electron chi connectivity index (χ0n) is 12.8. The van der Waals surface area contributed by atoms with Gasteiger partial charge in [0.15, 0.2) is 5.17 Å². The summed E-state index contributed by atoms with van der Waals surface area (Å²) in [7, 11) is 0. The second kappa shape index (κ2) is 8.25. The van der Waals surface area contributed by atoms with Crippen LogP contribution in [0.5, 0.6) is 5.75 Å². The summed E-state index contributed by atoms with van der Waals surface area (Å²) >= 11 is 1.03. The molecule has 1 aromatic carbocycles. The highest BCUT2D eigenvalue weighted by Crippen LogP contribution is 2.22. The third-order valence-corrected chi connectivity index (χ3v) is 3.96. The molecule has 0 spiro atoms. The molecular weight excluding hydrogens is 334 g/mol. The molecule has 0 radical (unpaired) electrons. The van der Waals surface area contributed by atoms with E-state index in [0.29, 0.717) is 12.2 Å². The Morgan fingerprint density at radius 2 is 2.08 bits per heavy atom. The largest absolute Gasteiger partial charge is 0.481 e. The van der Waals surface area contributed by atoms with E-state index in [0.717, 1.165) is 17.3 Å². The maximum absolute atomic E-state index is 11.5. The summed E-state index contributed by atoms with van der Waals surface area (Å²) in [6, 6.07) is 6.68. The quantitative estimate of drug-likeness (QED) is 0.347. The molecule has 2 rings (SSSR count). The van der Waals surface area contributed by atoms with Crippen molar-refractivity contribution in [2.75, 3.05) is 0 Å². The Morgan fingerprint density at radius 3 is 2.71 bits per heavy atom. The molecule has 24 heavy (non-hydrogen) atoms. The number of thioether (sulfide) groups is 1. The first-order valence-corrected chi connectivity index (χ1v) is 7.97. The molecule has 1 aliphatic rings. The minimum Gasteiger partial charge on any atom is -0.481 e. The number of carboxylic acids is 1. The van der Waals surface area contributed by atoms with Gasteiger partial charge < -0.3 is 15.2 Å². The van der Waals surface area contributed by atoms with Crippen LogP contribution in [-0.4, -0.2) is 39.6 Å². The highest BCUT2D eigenvalue weighted by molar-refractivity contribution is 8.15. The molecule has 0 aliphatic carbocycles. The Labute approximate surface area is 142 Å². The topological polar surface area (TPSA) is 117 Å². The Bertz CT molecular complexity index is 700. The summed E-state index contributed by atoms with van der Waals surface area (Å²) in [5.41, 5.74) is 0.729. The molecule has 2 N–H and O–H groups in total. The first kappa shape index (κ1) is 17.7. The van der Waals surface area contributed by atoms with Crippen molar-refractivity contribution in [2.45, 2.75) is 25.0 Å². The molecule has 1 aromatic rings. The minimum atomic E-state index is -1.05. The number of carbonyl (C=O) groups excluding carboxylic acids is 2. The Kier molecular flexibility index (Phi) is 6.07. The van der Waals surface area contributed by atoms with Crippen molar-refractivity contribution in [3.63, 3.8) is 0 Å². The van der Waals surface area contributed by atoms with Crippen LogP contribution in [0.4, 0.5) is 0 Å². The van der Waals surface area contributed by atoms with Gasteiger partial charge in [-0.1, -0.05) is 18.7 Å². The van der Waals surface area contributed by atoms with E-state index in [2.05, 4.69) is 15.5 Å². The van der Waals surface area contributed by atoms with Gasteiger partial charge in [0.2, 0.25) is 5.91 Å². The van der Waals surface area contributed by atoms with Gasteiger partial charge in [-0.25, -0.2) is 0 Å². The average Bonchev–Trinajstić information content (AvgIpc) is 2.88. The number of ether oxygens (including phenoxy) is 1. The summed E-state index contributed by atoms with van der Waals surface area (Å²) in [4.78, 5) is 33.3. The lowest BCUT2D eigenvalue weighted by Gasteiger charge is -2.01. The van der Waals surface area contributed by atoms with Crippen molar-refractivity contribution in [3.8, 4) is 5.75 Å². The van der Waals surface area contributed by atoms with Crippen molar-refractivity contribution < 1.29 is 24.2 Å². The number of rotatable bonds is 6. The lowest BCUT2D eigenvalue weighted by atomic mass is 10.2. The van der Waals surface area contributed by atoms with Crippen LogP contribution in [0.3, 0.4) is 0 Å². The van der Waals surface area contributed by atoms with Gasteiger partial charge in [-0.3, -0.25) is 14.4 Å². The monoisotopic (exact) mass is 349 g/mol. The predicted molar refractivity (Wildman–Crippen MR) is 89.2 cm³/mol. The van der Waals surface area contributed by atoms with E-state index in [-0.39, 0.29) is 17.6 Å². The summed E-state index contributed by atoms with van der Waals surface area (Å²) < 4.78 is 5.05. The number of aliphatic carboxylic acids is 1. The molecule has 0 saturated carbocycles. The summed E-state index contributed by atoms with van der Waals surface area (Å²) in [5, 5.41) is 18.4. The summed E-state index contributed by atoms with van der Waals surface area (Å²) in [5.74, 6) is -1.30. The number of nitrogens with zero attached hydrogens (tertiary/aromatic N) is 2. The molecule has 1 unspecified atom stereocenters.